The van der Waals surface area contributed by atoms with Crippen LogP contribution < -0.4 is 15.0 Å². The Labute approximate surface area is 205 Å². The third-order valence-electron chi connectivity index (χ3n) is 5.64. The molecule has 174 valence electrons. The number of ether oxygens (including phenoxy) is 2. The van der Waals surface area contributed by atoms with Crippen molar-refractivity contribution < 1.29 is 14.3 Å². The Morgan fingerprint density at radius 3 is 2.53 bits per heavy atom. The number of hydrogen-bond donors (Lipinski definition) is 0. The van der Waals surface area contributed by atoms with E-state index in [9.17, 15) is 9.59 Å². The van der Waals surface area contributed by atoms with Crippen LogP contribution in [-0.4, -0.2) is 39.9 Å². The van der Waals surface area contributed by atoms with Crippen LogP contribution in [0.15, 0.2) is 65.6 Å². The highest BCUT2D eigenvalue weighted by Crippen LogP contribution is 2.26. The van der Waals surface area contributed by atoms with Crippen molar-refractivity contribution in [2.45, 2.75) is 19.4 Å². The van der Waals surface area contributed by atoms with Gasteiger partial charge in [0, 0.05) is 24.2 Å². The normalized spacial score (nSPS) is 10.9. The van der Waals surface area contributed by atoms with Crippen LogP contribution in [0.3, 0.4) is 0 Å². The number of pyridine rings is 1. The maximum atomic E-state index is 13.7. The number of benzene rings is 2. The molecule has 8 heteroatoms. The lowest BCUT2D eigenvalue weighted by molar-refractivity contribution is 0.102. The van der Waals surface area contributed by atoms with Gasteiger partial charge in [-0.05, 0) is 30.2 Å². The van der Waals surface area contributed by atoms with Crippen LogP contribution in [0.4, 0.5) is 0 Å². The van der Waals surface area contributed by atoms with Crippen LogP contribution in [0.1, 0.15) is 27.4 Å². The fourth-order valence-corrected chi connectivity index (χ4v) is 4.13. The Morgan fingerprint density at radius 2 is 1.82 bits per heavy atom. The molecule has 2 heterocycles. The second-order valence-corrected chi connectivity index (χ2v) is 8.26. The number of carbonyl (C=O) groups excluding carboxylic acids is 1. The van der Waals surface area contributed by atoms with E-state index in [1.807, 2.05) is 42.5 Å². The molecule has 2 aromatic heterocycles. The van der Waals surface area contributed by atoms with Gasteiger partial charge in [-0.3, -0.25) is 19.1 Å². The third-order valence-corrected chi connectivity index (χ3v) is 6.15. The first-order chi connectivity index (χ1) is 16.5. The number of halogens is 1. The molecule has 4 rings (SSSR count). The zero-order valence-electron chi connectivity index (χ0n) is 19.0. The first kappa shape index (κ1) is 23.6. The molecule has 34 heavy (non-hydrogen) atoms. The van der Waals surface area contributed by atoms with E-state index >= 15 is 0 Å². The molecule has 0 bridgehead atoms. The highest BCUT2D eigenvalue weighted by atomic mass is 79.9. The average molecular weight is 522 g/mol. The Kier molecular flexibility index (Phi) is 7.37. The summed E-state index contributed by atoms with van der Waals surface area (Å²) in [6, 6.07) is 17.1. The Hall–Kier alpha value is -3.52. The van der Waals surface area contributed by atoms with Gasteiger partial charge in [0.15, 0.2) is 5.78 Å². The van der Waals surface area contributed by atoms with E-state index in [1.54, 1.807) is 30.9 Å². The fourth-order valence-electron chi connectivity index (χ4n) is 3.87. The molecule has 0 unspecified atom stereocenters. The lowest BCUT2D eigenvalue weighted by Gasteiger charge is -2.17. The van der Waals surface area contributed by atoms with Crippen molar-refractivity contribution in [1.82, 2.24) is 14.5 Å². The van der Waals surface area contributed by atoms with Crippen LogP contribution in [0, 0.1) is 0 Å². The first-order valence-corrected chi connectivity index (χ1v) is 11.9. The molecule has 7 nitrogen and oxygen atoms in total. The van der Waals surface area contributed by atoms with Gasteiger partial charge < -0.3 is 9.47 Å². The fraction of sp³-hybridized carbons (Fsp3) is 0.231. The minimum absolute atomic E-state index is 0.103. The van der Waals surface area contributed by atoms with Crippen molar-refractivity contribution >= 4 is 32.6 Å². The van der Waals surface area contributed by atoms with Crippen LogP contribution >= 0.6 is 15.9 Å². The predicted molar refractivity (Wildman–Crippen MR) is 134 cm³/mol. The summed E-state index contributed by atoms with van der Waals surface area (Å²) >= 11 is 3.20. The molecule has 0 fully saturated rings. The maximum absolute atomic E-state index is 13.7. The van der Waals surface area contributed by atoms with Gasteiger partial charge in [-0.15, -0.1) is 0 Å². The zero-order chi connectivity index (χ0) is 24.1. The van der Waals surface area contributed by atoms with Crippen molar-refractivity contribution in [3.05, 3.63) is 93.8 Å². The standard InChI is InChI=1S/C26H24BrN3O4/c1-33-19-10-9-18(22(14-19)34-2)16-30-23(11-8-17-6-4-3-5-7-17)29-24-20(26(30)32)12-13-28-25(24)21(31)15-27/h3-7,9-10,12-14H,8,11,15-16H2,1-2H3. The van der Waals surface area contributed by atoms with E-state index in [2.05, 4.69) is 20.9 Å². The molecule has 0 N–H and O–H groups in total. The maximum Gasteiger partial charge on any atom is 0.261 e. The molecule has 0 saturated carbocycles. The van der Waals surface area contributed by atoms with Gasteiger partial charge in [0.05, 0.1) is 31.5 Å². The van der Waals surface area contributed by atoms with Gasteiger partial charge >= 0.3 is 0 Å². The molecule has 0 saturated heterocycles. The number of rotatable bonds is 9. The van der Waals surface area contributed by atoms with E-state index < -0.39 is 0 Å². The number of aryl methyl sites for hydroxylation is 2. The summed E-state index contributed by atoms with van der Waals surface area (Å²) in [4.78, 5) is 35.1. The SMILES string of the molecule is COc1ccc(Cn2c(CCc3ccccc3)nc3c(C(=O)CBr)nccc3c2=O)c(OC)c1. The lowest BCUT2D eigenvalue weighted by atomic mass is 10.1. The van der Waals surface area contributed by atoms with Crippen molar-refractivity contribution in [3.63, 3.8) is 0 Å². The summed E-state index contributed by atoms with van der Waals surface area (Å²) in [6.07, 6.45) is 2.69. The summed E-state index contributed by atoms with van der Waals surface area (Å²) in [5.74, 6) is 1.64. The number of methoxy groups -OCH3 is 2. The number of nitrogens with zero attached hydrogens (tertiary/aromatic N) is 3. The molecule has 2 aromatic carbocycles. The summed E-state index contributed by atoms with van der Waals surface area (Å²) in [5.41, 5.74) is 2.25. The molecular weight excluding hydrogens is 498 g/mol. The smallest absolute Gasteiger partial charge is 0.261 e. The van der Waals surface area contributed by atoms with E-state index in [0.29, 0.717) is 41.1 Å². The number of alkyl halides is 1. The van der Waals surface area contributed by atoms with Gasteiger partial charge in [-0.1, -0.05) is 46.3 Å². The largest absolute Gasteiger partial charge is 0.497 e. The number of carbonyl (C=O) groups is 1. The van der Waals surface area contributed by atoms with E-state index in [4.69, 9.17) is 14.5 Å². The number of ketones is 1. The summed E-state index contributed by atoms with van der Waals surface area (Å²) < 4.78 is 12.5. The van der Waals surface area contributed by atoms with Crippen LogP contribution in [0.2, 0.25) is 0 Å². The zero-order valence-corrected chi connectivity index (χ0v) is 20.5. The summed E-state index contributed by atoms with van der Waals surface area (Å²) in [6.45, 7) is 0.267. The van der Waals surface area contributed by atoms with E-state index in [1.165, 1.54) is 6.20 Å². The second kappa shape index (κ2) is 10.6. The number of Topliss-reactive ketones (excluding diaryl/α,β-unsaturated/α-hetero) is 1. The number of aromatic nitrogens is 3. The van der Waals surface area contributed by atoms with Crippen LogP contribution in [0.25, 0.3) is 10.9 Å². The molecule has 0 aliphatic carbocycles. The Morgan fingerprint density at radius 1 is 1.03 bits per heavy atom. The molecular formula is C26H24BrN3O4. The molecule has 0 aliphatic heterocycles. The van der Waals surface area contributed by atoms with Crippen molar-refractivity contribution in [1.29, 1.82) is 0 Å². The monoisotopic (exact) mass is 521 g/mol. The molecule has 0 spiro atoms. The highest BCUT2D eigenvalue weighted by Gasteiger charge is 2.19. The van der Waals surface area contributed by atoms with Gasteiger partial charge in [0.25, 0.3) is 5.56 Å². The minimum atomic E-state index is -0.225. The number of fused-ring (bicyclic) bond motifs is 1. The quantitative estimate of drug-likeness (QED) is 0.242. The van der Waals surface area contributed by atoms with Crippen molar-refractivity contribution in [2.24, 2.45) is 0 Å². The van der Waals surface area contributed by atoms with Gasteiger partial charge in [-0.25, -0.2) is 4.98 Å². The lowest BCUT2D eigenvalue weighted by Crippen LogP contribution is -2.27. The molecule has 0 atom stereocenters. The summed E-state index contributed by atoms with van der Waals surface area (Å²) in [7, 11) is 3.17. The number of hydrogen-bond acceptors (Lipinski definition) is 6. The van der Waals surface area contributed by atoms with Crippen molar-refractivity contribution in [3.8, 4) is 11.5 Å². The topological polar surface area (TPSA) is 83.3 Å². The van der Waals surface area contributed by atoms with Gasteiger partial charge in [-0.2, -0.15) is 0 Å². The van der Waals surface area contributed by atoms with Crippen LogP contribution in [0.5, 0.6) is 11.5 Å². The minimum Gasteiger partial charge on any atom is -0.497 e. The average Bonchev–Trinajstić information content (AvgIpc) is 2.89. The van der Waals surface area contributed by atoms with Gasteiger partial charge in [0.1, 0.15) is 28.5 Å². The molecule has 0 amide bonds. The van der Waals surface area contributed by atoms with E-state index in [0.717, 1.165) is 11.1 Å². The van der Waals surface area contributed by atoms with E-state index in [-0.39, 0.29) is 28.9 Å². The summed E-state index contributed by atoms with van der Waals surface area (Å²) in [5, 5.41) is 0.460. The molecule has 0 aliphatic rings. The highest BCUT2D eigenvalue weighted by molar-refractivity contribution is 9.09. The molecule has 0 radical (unpaired) electrons. The van der Waals surface area contributed by atoms with Gasteiger partial charge in [0.2, 0.25) is 0 Å². The first-order valence-electron chi connectivity index (χ1n) is 10.8. The molecule has 4 aromatic rings. The van der Waals surface area contributed by atoms with Crippen LogP contribution in [-0.2, 0) is 19.4 Å². The Bertz CT molecular complexity index is 1390. The third kappa shape index (κ3) is 4.87. The predicted octanol–water partition coefficient (Wildman–Crippen LogP) is 4.22. The van der Waals surface area contributed by atoms with Crippen molar-refractivity contribution in [2.75, 3.05) is 19.5 Å². The second-order valence-electron chi connectivity index (χ2n) is 7.70. The Balaban J connectivity index is 1.85.